The van der Waals surface area contributed by atoms with E-state index >= 15 is 4.39 Å². The third kappa shape index (κ3) is 5.57. The molecule has 3 aromatic carbocycles. The molecule has 5 aromatic rings. The number of aryl methyl sites for hydroxylation is 2. The number of rotatable bonds is 7. The van der Waals surface area contributed by atoms with Crippen molar-refractivity contribution in [3.05, 3.63) is 53.6 Å². The van der Waals surface area contributed by atoms with Gasteiger partial charge in [-0.1, -0.05) is 19.9 Å². The van der Waals surface area contributed by atoms with Crippen molar-refractivity contribution < 1.29 is 19.0 Å². The number of aromatic nitrogens is 3. The maximum absolute atomic E-state index is 15.3. The average molecular weight is 612 g/mol. The van der Waals surface area contributed by atoms with Crippen LogP contribution in [0.1, 0.15) is 44.4 Å². The summed E-state index contributed by atoms with van der Waals surface area (Å²) >= 11 is 0. The summed E-state index contributed by atoms with van der Waals surface area (Å²) in [5, 5.41) is 15.5. The average Bonchev–Trinajstić information content (AvgIpc) is 3.28. The summed E-state index contributed by atoms with van der Waals surface area (Å²) in [6, 6.07) is 9.17. The summed E-state index contributed by atoms with van der Waals surface area (Å²) in [5.74, 6) is 1.17. The molecule has 2 aliphatic heterocycles. The number of anilines is 1. The topological polar surface area (TPSA) is 86.7 Å². The number of nitrogens with one attached hydrogen (secondary N) is 1. The van der Waals surface area contributed by atoms with Crippen LogP contribution in [0.2, 0.25) is 0 Å². The molecule has 1 atom stereocenters. The van der Waals surface area contributed by atoms with E-state index in [1.54, 1.807) is 18.2 Å². The lowest BCUT2D eigenvalue weighted by atomic mass is 9.89. The number of likely N-dealkylation sites (tertiary alicyclic amines) is 1. The van der Waals surface area contributed by atoms with Crippen molar-refractivity contribution in [1.82, 2.24) is 19.9 Å². The van der Waals surface area contributed by atoms with Crippen LogP contribution in [0, 0.1) is 11.7 Å². The van der Waals surface area contributed by atoms with E-state index in [4.69, 9.17) is 19.4 Å². The molecule has 45 heavy (non-hydrogen) atoms. The molecule has 8 nitrogen and oxygen atoms in total. The number of hydrogen-bond acceptors (Lipinski definition) is 7. The lowest BCUT2D eigenvalue weighted by Gasteiger charge is -2.29. The summed E-state index contributed by atoms with van der Waals surface area (Å²) < 4.78 is 27.5. The molecule has 1 unspecified atom stereocenters. The molecule has 4 heterocycles. The number of benzene rings is 3. The van der Waals surface area contributed by atoms with Crippen LogP contribution in [0.3, 0.4) is 0 Å². The van der Waals surface area contributed by atoms with Crippen molar-refractivity contribution in [2.24, 2.45) is 5.92 Å². The first-order valence-corrected chi connectivity index (χ1v) is 16.4. The second-order valence-electron chi connectivity index (χ2n) is 12.6. The molecular formula is C36H42FN5O3. The molecule has 2 aliphatic rings. The Morgan fingerprint density at radius 3 is 2.69 bits per heavy atom. The molecule has 0 amide bonds. The number of fused-ring (bicyclic) bond motifs is 4. The van der Waals surface area contributed by atoms with Crippen LogP contribution in [0.25, 0.3) is 43.6 Å². The predicted octanol–water partition coefficient (Wildman–Crippen LogP) is 6.85. The SMILES string of the molecule is CCc1c(F)ccc2cc(O)cc(-c3cc4nc(OCC5CCCN(C)C5)nc(N5CCCOCC5)c4c4c[nH]c(CC)c34)c12. The lowest BCUT2D eigenvalue weighted by molar-refractivity contribution is 0.144. The molecule has 2 fully saturated rings. The highest BCUT2D eigenvalue weighted by Crippen LogP contribution is 2.44. The fourth-order valence-corrected chi connectivity index (χ4v) is 7.39. The van der Waals surface area contributed by atoms with Gasteiger partial charge < -0.3 is 29.4 Å². The number of aromatic hydroxyl groups is 1. The summed E-state index contributed by atoms with van der Waals surface area (Å²) in [6.07, 6.45) is 6.55. The highest BCUT2D eigenvalue weighted by molar-refractivity contribution is 6.19. The predicted molar refractivity (Wildman–Crippen MR) is 178 cm³/mol. The minimum atomic E-state index is -0.240. The van der Waals surface area contributed by atoms with Crippen LogP contribution in [0.4, 0.5) is 10.2 Å². The molecule has 236 valence electrons. The Morgan fingerprint density at radius 1 is 1.00 bits per heavy atom. The molecular weight excluding hydrogens is 569 g/mol. The van der Waals surface area contributed by atoms with E-state index in [0.717, 1.165) is 114 Å². The first-order chi connectivity index (χ1) is 21.9. The molecule has 0 bridgehead atoms. The fraction of sp³-hybridized carbons (Fsp3) is 0.444. The maximum Gasteiger partial charge on any atom is 0.318 e. The summed E-state index contributed by atoms with van der Waals surface area (Å²) in [4.78, 5) is 18.3. The van der Waals surface area contributed by atoms with Gasteiger partial charge in [-0.25, -0.2) is 4.39 Å². The number of piperidine rings is 1. The van der Waals surface area contributed by atoms with Crippen molar-refractivity contribution in [1.29, 1.82) is 0 Å². The minimum Gasteiger partial charge on any atom is -0.508 e. The Bertz CT molecular complexity index is 1860. The van der Waals surface area contributed by atoms with Gasteiger partial charge in [-0.15, -0.1) is 0 Å². The molecule has 2 saturated heterocycles. The highest BCUT2D eigenvalue weighted by atomic mass is 19.1. The Hall–Kier alpha value is -3.95. The number of H-pyrrole nitrogens is 1. The zero-order valence-corrected chi connectivity index (χ0v) is 26.5. The van der Waals surface area contributed by atoms with Gasteiger partial charge in [0.1, 0.15) is 17.4 Å². The maximum atomic E-state index is 15.3. The van der Waals surface area contributed by atoms with E-state index in [-0.39, 0.29) is 11.6 Å². The van der Waals surface area contributed by atoms with Crippen molar-refractivity contribution in [3.8, 4) is 22.9 Å². The fourth-order valence-electron chi connectivity index (χ4n) is 7.39. The molecule has 2 N–H and O–H groups in total. The van der Waals surface area contributed by atoms with Gasteiger partial charge >= 0.3 is 6.01 Å². The molecule has 7 rings (SSSR count). The minimum absolute atomic E-state index is 0.141. The van der Waals surface area contributed by atoms with Gasteiger partial charge in [0.2, 0.25) is 0 Å². The van der Waals surface area contributed by atoms with Crippen molar-refractivity contribution in [2.45, 2.75) is 46.0 Å². The van der Waals surface area contributed by atoms with Crippen LogP contribution in [-0.4, -0.2) is 78.0 Å². The standard InChI is InChI=1S/C36H42FN5O3/c1-4-25-29(37)10-9-23-16-24(43)17-26(32(23)25)27-18-31-34(28-19-38-30(5-2)33(27)28)35(42-12-7-14-44-15-13-42)40-36(39-31)45-21-22-8-6-11-41(3)20-22/h9-10,16-19,22,38,43H,4-8,11-15,20-21H2,1-3H3. The smallest absolute Gasteiger partial charge is 0.318 e. The third-order valence-electron chi connectivity index (χ3n) is 9.52. The second kappa shape index (κ2) is 12.4. The largest absolute Gasteiger partial charge is 0.508 e. The van der Waals surface area contributed by atoms with Gasteiger partial charge in [0.25, 0.3) is 0 Å². The molecule has 0 aliphatic carbocycles. The normalized spacial score (nSPS) is 18.2. The second-order valence-corrected chi connectivity index (χ2v) is 12.6. The number of halogens is 1. The van der Waals surface area contributed by atoms with E-state index in [2.05, 4.69) is 34.8 Å². The first kappa shape index (κ1) is 29.7. The van der Waals surface area contributed by atoms with Crippen LogP contribution in [0.5, 0.6) is 11.8 Å². The van der Waals surface area contributed by atoms with Gasteiger partial charge in [0, 0.05) is 54.8 Å². The van der Waals surface area contributed by atoms with E-state index in [1.165, 1.54) is 6.07 Å². The molecule has 0 radical (unpaired) electrons. The number of ether oxygens (including phenoxy) is 2. The molecule has 2 aromatic heterocycles. The Balaban J connectivity index is 1.48. The lowest BCUT2D eigenvalue weighted by Crippen LogP contribution is -2.35. The Labute approximate surface area is 263 Å². The Kier molecular flexibility index (Phi) is 8.23. The molecule has 9 heteroatoms. The van der Waals surface area contributed by atoms with Gasteiger partial charge in [-0.2, -0.15) is 9.97 Å². The zero-order chi connectivity index (χ0) is 31.1. The van der Waals surface area contributed by atoms with Gasteiger partial charge in [-0.05, 0) is 97.4 Å². The van der Waals surface area contributed by atoms with Crippen molar-refractivity contribution in [3.63, 3.8) is 0 Å². The number of aromatic amines is 1. The third-order valence-corrected chi connectivity index (χ3v) is 9.52. The summed E-state index contributed by atoms with van der Waals surface area (Å²) in [7, 11) is 2.16. The van der Waals surface area contributed by atoms with E-state index in [0.29, 0.717) is 37.1 Å². The monoisotopic (exact) mass is 611 g/mol. The summed E-state index contributed by atoms with van der Waals surface area (Å²) in [5.41, 5.74) is 4.16. The van der Waals surface area contributed by atoms with Crippen LogP contribution >= 0.6 is 0 Å². The molecule has 0 spiro atoms. The van der Waals surface area contributed by atoms with Gasteiger partial charge in [0.05, 0.1) is 24.1 Å². The van der Waals surface area contributed by atoms with Crippen molar-refractivity contribution >= 4 is 38.3 Å². The molecule has 0 saturated carbocycles. The number of phenols is 1. The number of phenolic OH excluding ortho intramolecular Hbond substituents is 1. The van der Waals surface area contributed by atoms with Crippen LogP contribution in [-0.2, 0) is 17.6 Å². The van der Waals surface area contributed by atoms with E-state index in [1.807, 2.05) is 13.1 Å². The van der Waals surface area contributed by atoms with Crippen molar-refractivity contribution in [2.75, 3.05) is 57.9 Å². The van der Waals surface area contributed by atoms with E-state index in [9.17, 15) is 5.11 Å². The highest BCUT2D eigenvalue weighted by Gasteiger charge is 2.25. The Morgan fingerprint density at radius 2 is 1.87 bits per heavy atom. The first-order valence-electron chi connectivity index (χ1n) is 16.4. The van der Waals surface area contributed by atoms with Gasteiger partial charge in [-0.3, -0.25) is 0 Å². The van der Waals surface area contributed by atoms with Crippen LogP contribution in [0.15, 0.2) is 36.5 Å². The quantitative estimate of drug-likeness (QED) is 0.208. The number of nitrogens with zero attached hydrogens (tertiary/aromatic N) is 4. The van der Waals surface area contributed by atoms with Crippen LogP contribution < -0.4 is 9.64 Å². The van der Waals surface area contributed by atoms with E-state index < -0.39 is 0 Å². The zero-order valence-electron chi connectivity index (χ0n) is 26.5. The van der Waals surface area contributed by atoms with Gasteiger partial charge in [0.15, 0.2) is 0 Å². The summed E-state index contributed by atoms with van der Waals surface area (Å²) in [6.45, 7) is 9.68. The number of hydrogen-bond donors (Lipinski definition) is 2.